The van der Waals surface area contributed by atoms with Crippen LogP contribution in [0.4, 0.5) is 0 Å². The number of imidazole rings is 1. The first-order valence-corrected chi connectivity index (χ1v) is 15.1. The molecule has 3 aromatic carbocycles. The highest BCUT2D eigenvalue weighted by molar-refractivity contribution is 7.80. The summed E-state index contributed by atoms with van der Waals surface area (Å²) in [5.41, 5.74) is 3.71. The fourth-order valence-corrected chi connectivity index (χ4v) is 5.27. The number of carbonyl (C=O) groups is 1. The van der Waals surface area contributed by atoms with Crippen molar-refractivity contribution >= 4 is 34.0 Å². The molecule has 1 amide bonds. The molecule has 0 fully saturated rings. The van der Waals surface area contributed by atoms with E-state index in [1.54, 1.807) is 24.7 Å². The maximum Gasteiger partial charge on any atom is 0.226 e. The minimum atomic E-state index is -0.0891. The smallest absolute Gasteiger partial charge is 0.226 e. The van der Waals surface area contributed by atoms with E-state index >= 15 is 0 Å². The first kappa shape index (κ1) is 30.7. The van der Waals surface area contributed by atoms with Crippen LogP contribution in [0.5, 0.6) is 0 Å². The van der Waals surface area contributed by atoms with E-state index < -0.39 is 0 Å². The Labute approximate surface area is 254 Å². The molecule has 0 bridgehead atoms. The average Bonchev–Trinajstić information content (AvgIpc) is 3.44. The zero-order valence-electron chi connectivity index (χ0n) is 24.7. The van der Waals surface area contributed by atoms with Crippen LogP contribution in [-0.4, -0.2) is 44.6 Å². The summed E-state index contributed by atoms with van der Waals surface area (Å²) in [6.45, 7) is 9.09. The van der Waals surface area contributed by atoms with E-state index in [9.17, 15) is 4.79 Å². The number of aromatic nitrogens is 2. The molecule has 0 saturated heterocycles. The summed E-state index contributed by atoms with van der Waals surface area (Å²) in [4.78, 5) is 19.9. The Kier molecular flexibility index (Phi) is 11.1. The van der Waals surface area contributed by atoms with E-state index in [0.29, 0.717) is 30.3 Å². The third kappa shape index (κ3) is 8.17. The third-order valence-corrected chi connectivity index (χ3v) is 8.13. The van der Waals surface area contributed by atoms with Crippen LogP contribution < -0.4 is 10.6 Å². The molecule has 2 N–H and O–H groups in total. The van der Waals surface area contributed by atoms with E-state index in [1.165, 1.54) is 16.3 Å². The van der Waals surface area contributed by atoms with Crippen molar-refractivity contribution in [2.75, 3.05) is 13.1 Å². The van der Waals surface area contributed by atoms with Gasteiger partial charge in [0.25, 0.3) is 0 Å². The van der Waals surface area contributed by atoms with Gasteiger partial charge in [0.05, 0.1) is 24.4 Å². The van der Waals surface area contributed by atoms with Crippen LogP contribution in [0.2, 0.25) is 0 Å². The Morgan fingerprint density at radius 2 is 1.86 bits per heavy atom. The van der Waals surface area contributed by atoms with Gasteiger partial charge in [-0.25, -0.2) is 4.98 Å². The molecule has 2 atom stereocenters. The normalized spacial score (nSPS) is 12.3. The number of amides is 1. The molecule has 1 aromatic heterocycles. The third-order valence-electron chi connectivity index (χ3n) is 7.73. The van der Waals surface area contributed by atoms with Crippen molar-refractivity contribution in [3.63, 3.8) is 0 Å². The lowest BCUT2D eigenvalue weighted by molar-refractivity contribution is -0.121. The van der Waals surface area contributed by atoms with Crippen molar-refractivity contribution in [2.24, 2.45) is 5.92 Å². The van der Waals surface area contributed by atoms with Gasteiger partial charge in [-0.3, -0.25) is 4.79 Å². The molecule has 218 valence electrons. The van der Waals surface area contributed by atoms with Crippen LogP contribution in [0.3, 0.4) is 0 Å². The highest BCUT2D eigenvalue weighted by Crippen LogP contribution is 2.21. The van der Waals surface area contributed by atoms with E-state index in [-0.39, 0.29) is 24.3 Å². The highest BCUT2D eigenvalue weighted by atomic mass is 32.1. The maximum absolute atomic E-state index is 13.4. The number of benzene rings is 3. The largest absolute Gasteiger partial charge is 0.363 e. The van der Waals surface area contributed by atoms with Gasteiger partial charge in [-0.05, 0) is 58.6 Å². The minimum Gasteiger partial charge on any atom is -0.363 e. The van der Waals surface area contributed by atoms with Crippen molar-refractivity contribution < 1.29 is 4.79 Å². The number of fused-ring (bicyclic) bond motifs is 1. The predicted molar refractivity (Wildman–Crippen MR) is 173 cm³/mol. The number of hydrogen-bond donors (Lipinski definition) is 2. The first-order valence-electron chi connectivity index (χ1n) is 14.7. The second-order valence-corrected chi connectivity index (χ2v) is 11.2. The predicted octanol–water partition coefficient (Wildman–Crippen LogP) is 5.82. The number of nitrogens with one attached hydrogen (secondary N) is 2. The number of nitrogens with zero attached hydrogens (tertiary/aromatic N) is 4. The van der Waals surface area contributed by atoms with Gasteiger partial charge >= 0.3 is 0 Å². The Morgan fingerprint density at radius 3 is 2.60 bits per heavy atom. The van der Waals surface area contributed by atoms with Gasteiger partial charge in [-0.1, -0.05) is 81.8 Å². The summed E-state index contributed by atoms with van der Waals surface area (Å²) in [6.07, 6.45) is 5.63. The summed E-state index contributed by atoms with van der Waals surface area (Å²) in [6, 6.07) is 24.3. The Hall–Kier alpha value is -4.22. The molecular formula is C34H40N6OS. The van der Waals surface area contributed by atoms with Crippen molar-refractivity contribution in [2.45, 2.75) is 59.2 Å². The van der Waals surface area contributed by atoms with Crippen molar-refractivity contribution in [3.8, 4) is 6.07 Å². The van der Waals surface area contributed by atoms with Gasteiger partial charge in [0.15, 0.2) is 5.11 Å². The molecule has 0 aliphatic rings. The van der Waals surface area contributed by atoms with E-state index in [1.807, 2.05) is 16.7 Å². The molecule has 1 heterocycles. The molecule has 8 heteroatoms. The molecule has 7 nitrogen and oxygen atoms in total. The summed E-state index contributed by atoms with van der Waals surface area (Å²) < 4.78 is 1.98. The fraction of sp³-hybridized carbons (Fsp3) is 0.353. The fourth-order valence-electron chi connectivity index (χ4n) is 5.03. The van der Waals surface area contributed by atoms with Gasteiger partial charge in [0.2, 0.25) is 5.91 Å². The van der Waals surface area contributed by atoms with E-state index in [4.69, 9.17) is 17.5 Å². The molecule has 0 saturated carbocycles. The summed E-state index contributed by atoms with van der Waals surface area (Å²) in [5, 5.41) is 18.9. The zero-order valence-corrected chi connectivity index (χ0v) is 25.5. The molecule has 0 aliphatic heterocycles. The molecular weight excluding hydrogens is 540 g/mol. The lowest BCUT2D eigenvalue weighted by atomic mass is 9.97. The highest BCUT2D eigenvalue weighted by Gasteiger charge is 2.24. The van der Waals surface area contributed by atoms with Crippen molar-refractivity contribution in [1.82, 2.24) is 25.1 Å². The van der Waals surface area contributed by atoms with Gasteiger partial charge < -0.3 is 20.1 Å². The lowest BCUT2D eigenvalue weighted by Crippen LogP contribution is -2.51. The van der Waals surface area contributed by atoms with Gasteiger partial charge in [-0.2, -0.15) is 5.26 Å². The number of rotatable bonds is 13. The summed E-state index contributed by atoms with van der Waals surface area (Å²) in [7, 11) is 0. The van der Waals surface area contributed by atoms with Crippen LogP contribution in [0.25, 0.3) is 10.8 Å². The van der Waals surface area contributed by atoms with Gasteiger partial charge in [-0.15, -0.1) is 0 Å². The van der Waals surface area contributed by atoms with Gasteiger partial charge in [0.1, 0.15) is 0 Å². The van der Waals surface area contributed by atoms with Crippen LogP contribution in [-0.2, 0) is 24.3 Å². The minimum absolute atomic E-state index is 0.0422. The molecule has 4 rings (SSSR count). The molecule has 0 spiro atoms. The second kappa shape index (κ2) is 15.1. The molecule has 0 aliphatic carbocycles. The Bertz CT molecular complexity index is 1520. The summed E-state index contributed by atoms with van der Waals surface area (Å²) >= 11 is 5.88. The standard InChI is InChI=1S/C34H40N6OS/c1-4-17-37-34(42)39(22-29-11-8-10-28-9-6-7-12-31(28)29)23-32(25(3)5-2)38-33(41)18-30-20-36-24-40(30)21-27-15-13-26(19-35)14-16-27/h6-16,20,24-25,32H,4-5,17-18,21-23H2,1-3H3,(H,37,42)(H,38,41)/t25-,32+/m0/s1. The average molecular weight is 581 g/mol. The zero-order chi connectivity index (χ0) is 29.9. The lowest BCUT2D eigenvalue weighted by Gasteiger charge is -2.33. The van der Waals surface area contributed by atoms with E-state index in [2.05, 4.69) is 89.8 Å². The number of nitriles is 1. The van der Waals surface area contributed by atoms with E-state index in [0.717, 1.165) is 30.6 Å². The van der Waals surface area contributed by atoms with Crippen LogP contribution in [0.1, 0.15) is 56.0 Å². The Morgan fingerprint density at radius 1 is 1.10 bits per heavy atom. The van der Waals surface area contributed by atoms with Crippen LogP contribution in [0.15, 0.2) is 79.3 Å². The second-order valence-electron chi connectivity index (χ2n) is 10.8. The Balaban J connectivity index is 1.49. The SMILES string of the molecule is CCCNC(=S)N(Cc1cccc2ccccc12)C[C@@H](NC(=O)Cc1cncn1Cc1ccc(C#N)cc1)[C@@H](C)CC. The summed E-state index contributed by atoms with van der Waals surface area (Å²) in [5.74, 6) is 0.209. The van der Waals surface area contributed by atoms with Crippen molar-refractivity contribution in [3.05, 3.63) is 102 Å². The first-order chi connectivity index (χ1) is 20.4. The topological polar surface area (TPSA) is 86.0 Å². The molecule has 0 unspecified atom stereocenters. The monoisotopic (exact) mass is 580 g/mol. The van der Waals surface area contributed by atoms with Crippen LogP contribution >= 0.6 is 12.2 Å². The number of carbonyl (C=O) groups excluding carboxylic acids is 1. The van der Waals surface area contributed by atoms with Crippen molar-refractivity contribution in [1.29, 1.82) is 5.26 Å². The molecule has 42 heavy (non-hydrogen) atoms. The number of hydrogen-bond acceptors (Lipinski definition) is 4. The quantitative estimate of drug-likeness (QED) is 0.194. The number of thiocarbonyl (C=S) groups is 1. The molecule has 0 radical (unpaired) electrons. The van der Waals surface area contributed by atoms with Gasteiger partial charge in [0, 0.05) is 44.1 Å². The molecule has 4 aromatic rings. The van der Waals surface area contributed by atoms with Crippen LogP contribution in [0, 0.1) is 17.2 Å². The maximum atomic E-state index is 13.4.